The minimum absolute atomic E-state index is 0.0599. The summed E-state index contributed by atoms with van der Waals surface area (Å²) in [4.78, 5) is 12.2. The predicted octanol–water partition coefficient (Wildman–Crippen LogP) is 3.66. The van der Waals surface area contributed by atoms with E-state index in [1.54, 1.807) is 36.4 Å². The van der Waals surface area contributed by atoms with Crippen molar-refractivity contribution in [3.63, 3.8) is 0 Å². The Hall–Kier alpha value is -2.61. The molecule has 134 valence electrons. The summed E-state index contributed by atoms with van der Waals surface area (Å²) in [7, 11) is -3.68. The fourth-order valence-electron chi connectivity index (χ4n) is 2.18. The Kier molecular flexibility index (Phi) is 5.41. The molecule has 26 heavy (non-hydrogen) atoms. The number of hydrogen-bond acceptors (Lipinski definition) is 4. The van der Waals surface area contributed by atoms with Crippen LogP contribution in [-0.4, -0.2) is 14.3 Å². The highest BCUT2D eigenvalue weighted by atomic mass is 35.5. The number of sulfonamides is 1. The fourth-order valence-corrected chi connectivity index (χ4v) is 3.30. The van der Waals surface area contributed by atoms with Gasteiger partial charge in [0.25, 0.3) is 5.91 Å². The molecule has 0 radical (unpaired) electrons. The SMILES string of the molecule is O=C(Nc1ccc(S(=O)(=O)NCc2ccco2)cc1)c1ccc(Cl)cc1. The Morgan fingerprint density at radius 2 is 1.69 bits per heavy atom. The maximum absolute atomic E-state index is 12.3. The number of rotatable bonds is 6. The molecule has 0 saturated heterocycles. The lowest BCUT2D eigenvalue weighted by molar-refractivity contribution is 0.102. The molecule has 6 nitrogen and oxygen atoms in total. The number of hydrogen-bond donors (Lipinski definition) is 2. The Labute approximate surface area is 155 Å². The lowest BCUT2D eigenvalue weighted by atomic mass is 10.2. The number of carbonyl (C=O) groups excluding carboxylic acids is 1. The summed E-state index contributed by atoms with van der Waals surface area (Å²) in [6.45, 7) is 0.0599. The molecule has 0 unspecified atom stereocenters. The minimum Gasteiger partial charge on any atom is -0.468 e. The second kappa shape index (κ2) is 7.74. The summed E-state index contributed by atoms with van der Waals surface area (Å²) in [6.07, 6.45) is 1.47. The molecule has 3 aromatic rings. The molecular formula is C18H15ClN2O4S. The molecule has 1 aromatic heterocycles. The van der Waals surface area contributed by atoms with Crippen molar-refractivity contribution in [1.82, 2.24) is 4.72 Å². The summed E-state index contributed by atoms with van der Waals surface area (Å²) >= 11 is 5.79. The third-order valence-corrected chi connectivity index (χ3v) is 5.21. The van der Waals surface area contributed by atoms with Crippen LogP contribution in [0.15, 0.2) is 76.2 Å². The maximum Gasteiger partial charge on any atom is 0.255 e. The molecular weight excluding hydrogens is 376 g/mol. The van der Waals surface area contributed by atoms with E-state index in [1.165, 1.54) is 30.5 Å². The van der Waals surface area contributed by atoms with Gasteiger partial charge in [-0.15, -0.1) is 0 Å². The third-order valence-electron chi connectivity index (χ3n) is 3.55. The average molecular weight is 391 g/mol. The van der Waals surface area contributed by atoms with Gasteiger partial charge in [0.05, 0.1) is 17.7 Å². The maximum atomic E-state index is 12.3. The molecule has 0 aliphatic heterocycles. The molecule has 2 aromatic carbocycles. The number of amides is 1. The van der Waals surface area contributed by atoms with Crippen molar-refractivity contribution in [3.8, 4) is 0 Å². The van der Waals surface area contributed by atoms with Crippen LogP contribution in [0.2, 0.25) is 5.02 Å². The van der Waals surface area contributed by atoms with Gasteiger partial charge in [-0.2, -0.15) is 0 Å². The Bertz CT molecular complexity index is 983. The van der Waals surface area contributed by atoms with Crippen molar-refractivity contribution < 1.29 is 17.6 Å². The molecule has 2 N–H and O–H groups in total. The molecule has 0 aliphatic rings. The fraction of sp³-hybridized carbons (Fsp3) is 0.0556. The first-order valence-corrected chi connectivity index (χ1v) is 9.49. The third kappa shape index (κ3) is 4.51. The van der Waals surface area contributed by atoms with E-state index in [4.69, 9.17) is 16.0 Å². The highest BCUT2D eigenvalue weighted by Gasteiger charge is 2.14. The molecule has 0 bridgehead atoms. The van der Waals surface area contributed by atoms with Crippen LogP contribution in [0.5, 0.6) is 0 Å². The lowest BCUT2D eigenvalue weighted by Gasteiger charge is -2.08. The van der Waals surface area contributed by atoms with Gasteiger partial charge in [0.15, 0.2) is 0 Å². The summed E-state index contributed by atoms with van der Waals surface area (Å²) < 4.78 is 32.1. The molecule has 0 aliphatic carbocycles. The molecule has 3 rings (SSSR count). The largest absolute Gasteiger partial charge is 0.468 e. The van der Waals surface area contributed by atoms with Gasteiger partial charge in [-0.1, -0.05) is 11.6 Å². The number of benzene rings is 2. The average Bonchev–Trinajstić information content (AvgIpc) is 3.15. The van der Waals surface area contributed by atoms with Crippen molar-refractivity contribution in [2.75, 3.05) is 5.32 Å². The molecule has 1 amide bonds. The smallest absolute Gasteiger partial charge is 0.255 e. The van der Waals surface area contributed by atoms with E-state index >= 15 is 0 Å². The van der Waals surface area contributed by atoms with Gasteiger partial charge >= 0.3 is 0 Å². The van der Waals surface area contributed by atoms with E-state index in [0.717, 1.165) is 0 Å². The summed E-state index contributed by atoms with van der Waals surface area (Å²) in [6, 6.07) is 15.7. The predicted molar refractivity (Wildman–Crippen MR) is 98.6 cm³/mol. The van der Waals surface area contributed by atoms with E-state index in [9.17, 15) is 13.2 Å². The highest BCUT2D eigenvalue weighted by Crippen LogP contribution is 2.16. The van der Waals surface area contributed by atoms with E-state index in [1.807, 2.05) is 0 Å². The van der Waals surface area contributed by atoms with Gasteiger partial charge in [-0.05, 0) is 60.7 Å². The zero-order valence-corrected chi connectivity index (χ0v) is 15.0. The van der Waals surface area contributed by atoms with Gasteiger partial charge in [-0.3, -0.25) is 4.79 Å². The quantitative estimate of drug-likeness (QED) is 0.672. The van der Waals surface area contributed by atoms with Gasteiger partial charge in [0, 0.05) is 16.3 Å². The second-order valence-electron chi connectivity index (χ2n) is 5.39. The van der Waals surface area contributed by atoms with Crippen molar-refractivity contribution >= 4 is 33.2 Å². The number of furan rings is 1. The van der Waals surface area contributed by atoms with Gasteiger partial charge in [-0.25, -0.2) is 13.1 Å². The van der Waals surface area contributed by atoms with Gasteiger partial charge < -0.3 is 9.73 Å². The van der Waals surface area contributed by atoms with Crippen LogP contribution in [-0.2, 0) is 16.6 Å². The Morgan fingerprint density at radius 1 is 1.00 bits per heavy atom. The molecule has 0 fully saturated rings. The van der Waals surface area contributed by atoms with E-state index in [0.29, 0.717) is 22.0 Å². The normalized spacial score (nSPS) is 11.3. The van der Waals surface area contributed by atoms with Crippen LogP contribution in [0.1, 0.15) is 16.1 Å². The number of carbonyl (C=O) groups is 1. The molecule has 0 atom stereocenters. The van der Waals surface area contributed by atoms with E-state index in [-0.39, 0.29) is 17.3 Å². The summed E-state index contributed by atoms with van der Waals surface area (Å²) in [5.41, 5.74) is 0.932. The zero-order chi connectivity index (χ0) is 18.6. The first-order valence-electron chi connectivity index (χ1n) is 7.63. The standard InChI is InChI=1S/C18H15ClN2O4S/c19-14-5-3-13(4-6-14)18(22)21-15-7-9-17(10-8-15)26(23,24)20-12-16-2-1-11-25-16/h1-11,20H,12H2,(H,21,22). The topological polar surface area (TPSA) is 88.4 Å². The van der Waals surface area contributed by atoms with Crippen molar-refractivity contribution in [1.29, 1.82) is 0 Å². The Balaban J connectivity index is 1.65. The van der Waals surface area contributed by atoms with Crippen molar-refractivity contribution in [2.24, 2.45) is 0 Å². The molecule has 1 heterocycles. The first kappa shape index (κ1) is 18.2. The summed E-state index contributed by atoms with van der Waals surface area (Å²) in [5, 5.41) is 3.24. The lowest BCUT2D eigenvalue weighted by Crippen LogP contribution is -2.23. The van der Waals surface area contributed by atoms with Gasteiger partial charge in [0.1, 0.15) is 5.76 Å². The van der Waals surface area contributed by atoms with Crippen LogP contribution in [0, 0.1) is 0 Å². The van der Waals surface area contributed by atoms with Crippen molar-refractivity contribution in [3.05, 3.63) is 83.3 Å². The second-order valence-corrected chi connectivity index (χ2v) is 7.59. The first-order chi connectivity index (χ1) is 12.4. The number of anilines is 1. The van der Waals surface area contributed by atoms with E-state index in [2.05, 4.69) is 10.0 Å². The summed E-state index contributed by atoms with van der Waals surface area (Å²) in [5.74, 6) is 0.202. The number of nitrogens with one attached hydrogen (secondary N) is 2. The Morgan fingerprint density at radius 3 is 2.31 bits per heavy atom. The van der Waals surface area contributed by atoms with Crippen molar-refractivity contribution in [2.45, 2.75) is 11.4 Å². The molecule has 0 saturated carbocycles. The van der Waals surface area contributed by atoms with Crippen LogP contribution >= 0.6 is 11.6 Å². The van der Waals surface area contributed by atoms with Crippen LogP contribution in [0.3, 0.4) is 0 Å². The minimum atomic E-state index is -3.68. The zero-order valence-electron chi connectivity index (χ0n) is 13.5. The number of halogens is 1. The van der Waals surface area contributed by atoms with E-state index < -0.39 is 10.0 Å². The van der Waals surface area contributed by atoms with Crippen LogP contribution < -0.4 is 10.0 Å². The van der Waals surface area contributed by atoms with Gasteiger partial charge in [0.2, 0.25) is 10.0 Å². The molecule has 0 spiro atoms. The molecule has 8 heteroatoms. The highest BCUT2D eigenvalue weighted by molar-refractivity contribution is 7.89. The van der Waals surface area contributed by atoms with Crippen LogP contribution in [0.25, 0.3) is 0 Å². The van der Waals surface area contributed by atoms with Crippen LogP contribution in [0.4, 0.5) is 5.69 Å². The monoisotopic (exact) mass is 390 g/mol.